The monoisotopic (exact) mass is 346 g/mol. The molecule has 24 heavy (non-hydrogen) atoms. The largest absolute Gasteiger partial charge is 0.343 e. The third-order valence-corrected chi connectivity index (χ3v) is 4.34. The number of hydrogen-bond acceptors (Lipinski definition) is 4. The zero-order valence-electron chi connectivity index (χ0n) is 14.1. The van der Waals surface area contributed by atoms with E-state index in [0.717, 1.165) is 5.56 Å². The van der Waals surface area contributed by atoms with E-state index in [4.69, 9.17) is 0 Å². The summed E-state index contributed by atoms with van der Waals surface area (Å²) in [5, 5.41) is 7.70. The van der Waals surface area contributed by atoms with Gasteiger partial charge in [0.1, 0.15) is 0 Å². The van der Waals surface area contributed by atoms with Gasteiger partial charge >= 0.3 is 6.03 Å². The van der Waals surface area contributed by atoms with Gasteiger partial charge in [-0.1, -0.05) is 17.7 Å². The van der Waals surface area contributed by atoms with Gasteiger partial charge in [0.05, 0.1) is 12.1 Å². The van der Waals surface area contributed by atoms with Gasteiger partial charge < -0.3 is 10.2 Å². The lowest BCUT2D eigenvalue weighted by Crippen LogP contribution is -2.31. The summed E-state index contributed by atoms with van der Waals surface area (Å²) in [6, 6.07) is 7.18. The Morgan fingerprint density at radius 2 is 1.79 bits per heavy atom. The SMILES string of the molecule is CCN(CC)C(=O)Cc1csc(NC(=O)Nc2ccc(C)cc2)n1. The molecule has 0 saturated heterocycles. The van der Waals surface area contributed by atoms with Crippen LogP contribution in [0, 0.1) is 6.92 Å². The number of benzene rings is 1. The number of nitrogens with one attached hydrogen (secondary N) is 2. The Morgan fingerprint density at radius 1 is 1.12 bits per heavy atom. The molecule has 0 saturated carbocycles. The number of aryl methyl sites for hydroxylation is 1. The fraction of sp³-hybridized carbons (Fsp3) is 0.353. The molecule has 0 aliphatic rings. The van der Waals surface area contributed by atoms with Crippen molar-refractivity contribution in [3.05, 3.63) is 40.9 Å². The van der Waals surface area contributed by atoms with Crippen LogP contribution in [0.5, 0.6) is 0 Å². The summed E-state index contributed by atoms with van der Waals surface area (Å²) >= 11 is 1.31. The van der Waals surface area contributed by atoms with E-state index in [1.54, 1.807) is 10.3 Å². The van der Waals surface area contributed by atoms with Crippen LogP contribution in [0.1, 0.15) is 25.1 Å². The topological polar surface area (TPSA) is 74.3 Å². The van der Waals surface area contributed by atoms with E-state index < -0.39 is 0 Å². The molecule has 0 spiro atoms. The predicted molar refractivity (Wildman–Crippen MR) is 97.6 cm³/mol. The summed E-state index contributed by atoms with van der Waals surface area (Å²) in [5.74, 6) is 0.0426. The summed E-state index contributed by atoms with van der Waals surface area (Å²) in [5.41, 5.74) is 2.51. The molecule has 1 heterocycles. The number of urea groups is 1. The summed E-state index contributed by atoms with van der Waals surface area (Å²) in [6.45, 7) is 7.25. The summed E-state index contributed by atoms with van der Waals surface area (Å²) in [6.07, 6.45) is 0.249. The Balaban J connectivity index is 1.89. The zero-order valence-corrected chi connectivity index (χ0v) is 14.9. The molecule has 2 rings (SSSR count). The third kappa shape index (κ3) is 5.06. The van der Waals surface area contributed by atoms with E-state index in [1.807, 2.05) is 45.0 Å². The summed E-state index contributed by atoms with van der Waals surface area (Å²) < 4.78 is 0. The number of aromatic nitrogens is 1. The van der Waals surface area contributed by atoms with Crippen LogP contribution in [-0.4, -0.2) is 34.9 Å². The average molecular weight is 346 g/mol. The van der Waals surface area contributed by atoms with Gasteiger partial charge in [0, 0.05) is 24.2 Å². The normalized spacial score (nSPS) is 10.3. The maximum Gasteiger partial charge on any atom is 0.325 e. The molecular formula is C17H22N4O2S. The highest BCUT2D eigenvalue weighted by Crippen LogP contribution is 2.17. The van der Waals surface area contributed by atoms with Crippen LogP contribution in [-0.2, 0) is 11.2 Å². The number of rotatable bonds is 6. The first kappa shape index (κ1) is 17.9. The number of nitrogens with zero attached hydrogens (tertiary/aromatic N) is 2. The van der Waals surface area contributed by atoms with Crippen molar-refractivity contribution < 1.29 is 9.59 Å². The third-order valence-electron chi connectivity index (χ3n) is 3.53. The van der Waals surface area contributed by atoms with Crippen molar-refractivity contribution in [1.82, 2.24) is 9.88 Å². The van der Waals surface area contributed by atoms with Crippen LogP contribution in [0.2, 0.25) is 0 Å². The molecule has 7 heteroatoms. The number of carbonyl (C=O) groups excluding carboxylic acids is 2. The lowest BCUT2D eigenvalue weighted by molar-refractivity contribution is -0.130. The molecule has 2 N–H and O–H groups in total. The van der Waals surface area contributed by atoms with Gasteiger partial charge in [-0.2, -0.15) is 0 Å². The minimum absolute atomic E-state index is 0.0426. The van der Waals surface area contributed by atoms with Crippen LogP contribution in [0.3, 0.4) is 0 Å². The molecule has 2 aromatic rings. The maximum atomic E-state index is 12.1. The maximum absolute atomic E-state index is 12.1. The van der Waals surface area contributed by atoms with Gasteiger partial charge in [-0.05, 0) is 32.9 Å². The van der Waals surface area contributed by atoms with E-state index in [-0.39, 0.29) is 18.4 Å². The second-order valence-corrected chi connectivity index (χ2v) is 6.19. The van der Waals surface area contributed by atoms with E-state index in [0.29, 0.717) is 29.6 Å². The lowest BCUT2D eigenvalue weighted by atomic mass is 10.2. The molecule has 0 aliphatic carbocycles. The van der Waals surface area contributed by atoms with Gasteiger partial charge in [0.2, 0.25) is 5.91 Å². The Labute approximate surface area is 145 Å². The number of likely N-dealkylation sites (N-methyl/N-ethyl adjacent to an activating group) is 1. The van der Waals surface area contributed by atoms with E-state index in [2.05, 4.69) is 15.6 Å². The smallest absolute Gasteiger partial charge is 0.325 e. The molecule has 128 valence electrons. The van der Waals surface area contributed by atoms with Crippen molar-refractivity contribution in [3.8, 4) is 0 Å². The Kier molecular flexibility index (Phi) is 6.31. The van der Waals surface area contributed by atoms with E-state index in [9.17, 15) is 9.59 Å². The van der Waals surface area contributed by atoms with Gasteiger partial charge in [0.25, 0.3) is 0 Å². The second kappa shape index (κ2) is 8.44. The van der Waals surface area contributed by atoms with E-state index in [1.165, 1.54) is 11.3 Å². The van der Waals surface area contributed by atoms with Gasteiger partial charge in [0.15, 0.2) is 5.13 Å². The Hall–Kier alpha value is -2.41. The number of amides is 3. The Morgan fingerprint density at radius 3 is 2.42 bits per heavy atom. The molecule has 1 aromatic carbocycles. The average Bonchev–Trinajstić information content (AvgIpc) is 2.97. The fourth-order valence-corrected chi connectivity index (χ4v) is 2.89. The summed E-state index contributed by atoms with van der Waals surface area (Å²) in [4.78, 5) is 30.1. The number of anilines is 2. The Bertz CT molecular complexity index is 693. The van der Waals surface area contributed by atoms with Crippen LogP contribution >= 0.6 is 11.3 Å². The quantitative estimate of drug-likeness (QED) is 0.840. The van der Waals surface area contributed by atoms with Gasteiger partial charge in [-0.15, -0.1) is 11.3 Å². The second-order valence-electron chi connectivity index (χ2n) is 5.33. The van der Waals surface area contributed by atoms with E-state index >= 15 is 0 Å². The minimum atomic E-state index is -0.352. The molecule has 0 radical (unpaired) electrons. The van der Waals surface area contributed by atoms with Crippen molar-refractivity contribution in [2.45, 2.75) is 27.2 Å². The standard InChI is InChI=1S/C17H22N4O2S/c1-4-21(5-2)15(22)10-14-11-24-17(19-14)20-16(23)18-13-8-6-12(3)7-9-13/h6-9,11H,4-5,10H2,1-3H3,(H2,18,19,20,23). The van der Waals surface area contributed by atoms with Crippen molar-refractivity contribution in [3.63, 3.8) is 0 Å². The molecule has 3 amide bonds. The predicted octanol–water partition coefficient (Wildman–Crippen LogP) is 3.51. The summed E-state index contributed by atoms with van der Waals surface area (Å²) in [7, 11) is 0. The van der Waals surface area contributed by atoms with Crippen molar-refractivity contribution in [1.29, 1.82) is 0 Å². The highest BCUT2D eigenvalue weighted by atomic mass is 32.1. The van der Waals surface area contributed by atoms with Crippen LogP contribution < -0.4 is 10.6 Å². The number of hydrogen-bond donors (Lipinski definition) is 2. The fourth-order valence-electron chi connectivity index (χ4n) is 2.18. The molecule has 0 aliphatic heterocycles. The zero-order chi connectivity index (χ0) is 17.5. The first-order valence-corrected chi connectivity index (χ1v) is 8.76. The van der Waals surface area contributed by atoms with Gasteiger partial charge in [-0.25, -0.2) is 9.78 Å². The molecule has 0 fully saturated rings. The molecule has 0 atom stereocenters. The van der Waals surface area contributed by atoms with Crippen LogP contribution in [0.15, 0.2) is 29.6 Å². The van der Waals surface area contributed by atoms with Gasteiger partial charge in [-0.3, -0.25) is 10.1 Å². The van der Waals surface area contributed by atoms with Crippen molar-refractivity contribution >= 4 is 34.1 Å². The van der Waals surface area contributed by atoms with Crippen molar-refractivity contribution in [2.24, 2.45) is 0 Å². The van der Waals surface area contributed by atoms with Crippen LogP contribution in [0.25, 0.3) is 0 Å². The minimum Gasteiger partial charge on any atom is -0.343 e. The van der Waals surface area contributed by atoms with Crippen molar-refractivity contribution in [2.75, 3.05) is 23.7 Å². The lowest BCUT2D eigenvalue weighted by Gasteiger charge is -2.17. The molecule has 6 nitrogen and oxygen atoms in total. The molecular weight excluding hydrogens is 324 g/mol. The number of thiazole rings is 1. The molecule has 0 unspecified atom stereocenters. The van der Waals surface area contributed by atoms with Crippen LogP contribution in [0.4, 0.5) is 15.6 Å². The molecule has 1 aromatic heterocycles. The number of carbonyl (C=O) groups is 2. The first-order chi connectivity index (χ1) is 11.5. The highest BCUT2D eigenvalue weighted by molar-refractivity contribution is 7.13. The molecule has 0 bridgehead atoms. The highest BCUT2D eigenvalue weighted by Gasteiger charge is 2.13. The first-order valence-electron chi connectivity index (χ1n) is 7.88.